The first-order valence-electron chi connectivity index (χ1n) is 12.1. The van der Waals surface area contributed by atoms with Gasteiger partial charge in [0.05, 0.1) is 0 Å². The van der Waals surface area contributed by atoms with E-state index in [1.807, 2.05) is 0 Å². The van der Waals surface area contributed by atoms with Crippen LogP contribution in [0.4, 0.5) is 8.78 Å². The van der Waals surface area contributed by atoms with Crippen molar-refractivity contribution in [3.8, 4) is 0 Å². The molecule has 1 rings (SSSR count). The maximum atomic E-state index is 13.7. The molecule has 30 heavy (non-hydrogen) atoms. The highest BCUT2D eigenvalue weighted by Gasteiger charge is 2.36. The van der Waals surface area contributed by atoms with E-state index in [2.05, 4.69) is 13.8 Å². The van der Waals surface area contributed by atoms with Gasteiger partial charge in [-0.15, -0.1) is 0 Å². The molecule has 0 saturated heterocycles. The fourth-order valence-electron chi connectivity index (χ4n) is 4.53. The molecule has 2 nitrogen and oxygen atoms in total. The van der Waals surface area contributed by atoms with E-state index < -0.39 is 17.4 Å². The lowest BCUT2D eigenvalue weighted by Crippen LogP contribution is -2.41. The quantitative estimate of drug-likeness (QED) is 0.174. The fraction of sp³-hybridized carbons (Fsp3) is 0.769. The molecule has 0 radical (unpaired) electrons. The van der Waals surface area contributed by atoms with Gasteiger partial charge in [0.25, 0.3) is 0 Å². The lowest BCUT2D eigenvalue weighted by atomic mass is 9.85. The summed E-state index contributed by atoms with van der Waals surface area (Å²) in [5.74, 6) is -1.02. The Kier molecular flexibility index (Phi) is 14.2. The molecule has 0 amide bonds. The number of hydrogen-bond acceptors (Lipinski definition) is 2. The zero-order chi connectivity index (χ0) is 22.2. The molecule has 174 valence electrons. The predicted octanol–water partition coefficient (Wildman–Crippen LogP) is 8.22. The third kappa shape index (κ3) is 9.43. The van der Waals surface area contributed by atoms with Crippen LogP contribution < -0.4 is 0 Å². The number of hydrogen-bond donors (Lipinski definition) is 0. The van der Waals surface area contributed by atoms with Crippen LogP contribution in [0.2, 0.25) is 0 Å². The van der Waals surface area contributed by atoms with Crippen LogP contribution in [0.1, 0.15) is 103 Å². The van der Waals surface area contributed by atoms with Gasteiger partial charge in [-0.05, 0) is 43.7 Å². The molecule has 0 aromatic heterocycles. The average Bonchev–Trinajstić information content (AvgIpc) is 2.75. The van der Waals surface area contributed by atoms with Crippen molar-refractivity contribution >= 4 is 0 Å². The van der Waals surface area contributed by atoms with Crippen molar-refractivity contribution in [1.82, 2.24) is 0 Å². The SMILES string of the molecule is CCCCCCCCC(CCCCCCc1ccc(F)cc1F)C(CC)(OC)OC. The van der Waals surface area contributed by atoms with Crippen LogP contribution in [-0.2, 0) is 15.9 Å². The lowest BCUT2D eigenvalue weighted by Gasteiger charge is -2.38. The molecule has 0 aliphatic heterocycles. The Morgan fingerprint density at radius 2 is 1.37 bits per heavy atom. The van der Waals surface area contributed by atoms with Crippen molar-refractivity contribution in [2.24, 2.45) is 5.92 Å². The zero-order valence-corrected chi connectivity index (χ0v) is 19.8. The van der Waals surface area contributed by atoms with E-state index in [0.29, 0.717) is 17.9 Å². The standard InChI is InChI=1S/C26H44F2O2/c1-5-7-8-9-10-14-17-23(26(6-2,29-3)30-4)18-15-12-11-13-16-22-19-20-24(27)21-25(22)28/h19-21,23H,5-18H2,1-4H3. The van der Waals surface area contributed by atoms with E-state index in [0.717, 1.165) is 51.0 Å². The van der Waals surface area contributed by atoms with Crippen molar-refractivity contribution in [2.75, 3.05) is 14.2 Å². The molecular weight excluding hydrogens is 382 g/mol. The van der Waals surface area contributed by atoms with E-state index in [1.165, 1.54) is 44.6 Å². The first-order valence-corrected chi connectivity index (χ1v) is 12.1. The summed E-state index contributed by atoms with van der Waals surface area (Å²) in [7, 11) is 3.52. The predicted molar refractivity (Wildman–Crippen MR) is 122 cm³/mol. The number of unbranched alkanes of at least 4 members (excludes halogenated alkanes) is 8. The van der Waals surface area contributed by atoms with Gasteiger partial charge in [0, 0.05) is 26.2 Å². The fourth-order valence-corrected chi connectivity index (χ4v) is 4.53. The van der Waals surface area contributed by atoms with Crippen molar-refractivity contribution in [2.45, 2.75) is 110 Å². The smallest absolute Gasteiger partial charge is 0.170 e. The molecule has 1 aromatic rings. The molecular formula is C26H44F2O2. The minimum atomic E-state index is -0.511. The van der Waals surface area contributed by atoms with Gasteiger partial charge in [0.2, 0.25) is 0 Å². The Balaban J connectivity index is 2.40. The van der Waals surface area contributed by atoms with Crippen LogP contribution in [0, 0.1) is 17.6 Å². The summed E-state index contributed by atoms with van der Waals surface area (Å²) in [4.78, 5) is 0. The number of ether oxygens (including phenoxy) is 2. The van der Waals surface area contributed by atoms with Crippen molar-refractivity contribution in [3.05, 3.63) is 35.4 Å². The summed E-state index contributed by atoms with van der Waals surface area (Å²) in [6, 6.07) is 3.88. The third-order valence-electron chi connectivity index (χ3n) is 6.48. The second kappa shape index (κ2) is 15.8. The molecule has 0 aliphatic rings. The van der Waals surface area contributed by atoms with Crippen LogP contribution in [0.3, 0.4) is 0 Å². The largest absolute Gasteiger partial charge is 0.353 e. The number of aryl methyl sites for hydroxylation is 1. The topological polar surface area (TPSA) is 18.5 Å². The van der Waals surface area contributed by atoms with Crippen LogP contribution in [0.25, 0.3) is 0 Å². The minimum absolute atomic E-state index is 0.401. The monoisotopic (exact) mass is 426 g/mol. The molecule has 0 aliphatic carbocycles. The Morgan fingerprint density at radius 3 is 1.90 bits per heavy atom. The summed E-state index contributed by atoms with van der Waals surface area (Å²) in [6.07, 6.45) is 15.8. The lowest BCUT2D eigenvalue weighted by molar-refractivity contribution is -0.244. The summed E-state index contributed by atoms with van der Waals surface area (Å²) in [5.41, 5.74) is 0.612. The van der Waals surface area contributed by atoms with Gasteiger partial charge < -0.3 is 9.47 Å². The van der Waals surface area contributed by atoms with Crippen LogP contribution in [0.15, 0.2) is 18.2 Å². The van der Waals surface area contributed by atoms with E-state index in [4.69, 9.17) is 9.47 Å². The number of benzene rings is 1. The maximum absolute atomic E-state index is 13.7. The van der Waals surface area contributed by atoms with Gasteiger partial charge in [0.1, 0.15) is 11.6 Å². The molecule has 0 spiro atoms. The van der Waals surface area contributed by atoms with Crippen molar-refractivity contribution in [1.29, 1.82) is 0 Å². The van der Waals surface area contributed by atoms with Gasteiger partial charge in [-0.2, -0.15) is 0 Å². The number of halogens is 2. The molecule has 1 unspecified atom stereocenters. The van der Waals surface area contributed by atoms with Gasteiger partial charge in [-0.25, -0.2) is 8.78 Å². The number of rotatable bonds is 18. The molecule has 1 aromatic carbocycles. The van der Waals surface area contributed by atoms with E-state index in [9.17, 15) is 8.78 Å². The van der Waals surface area contributed by atoms with Crippen LogP contribution in [-0.4, -0.2) is 20.0 Å². The Morgan fingerprint density at radius 1 is 0.800 bits per heavy atom. The molecule has 0 heterocycles. The second-order valence-electron chi connectivity index (χ2n) is 8.52. The van der Waals surface area contributed by atoms with Gasteiger partial charge in [-0.1, -0.05) is 77.7 Å². The Labute approximate surface area is 183 Å². The normalized spacial score (nSPS) is 13.0. The van der Waals surface area contributed by atoms with Crippen LogP contribution in [0.5, 0.6) is 0 Å². The highest BCUT2D eigenvalue weighted by molar-refractivity contribution is 5.18. The molecule has 0 saturated carbocycles. The van der Waals surface area contributed by atoms with Crippen molar-refractivity contribution in [3.63, 3.8) is 0 Å². The van der Waals surface area contributed by atoms with Crippen molar-refractivity contribution < 1.29 is 18.3 Å². The number of methoxy groups -OCH3 is 2. The molecule has 4 heteroatoms. The van der Waals surface area contributed by atoms with E-state index in [-0.39, 0.29) is 0 Å². The first-order chi connectivity index (χ1) is 14.5. The molecule has 1 atom stereocenters. The second-order valence-corrected chi connectivity index (χ2v) is 8.52. The first kappa shape index (κ1) is 27.0. The van der Waals surface area contributed by atoms with Gasteiger partial charge in [-0.3, -0.25) is 0 Å². The summed E-state index contributed by atoms with van der Waals surface area (Å²) >= 11 is 0. The third-order valence-corrected chi connectivity index (χ3v) is 6.48. The summed E-state index contributed by atoms with van der Waals surface area (Å²) in [6.45, 7) is 4.39. The van der Waals surface area contributed by atoms with E-state index in [1.54, 1.807) is 20.3 Å². The van der Waals surface area contributed by atoms with E-state index >= 15 is 0 Å². The maximum Gasteiger partial charge on any atom is 0.170 e. The molecule has 0 bridgehead atoms. The molecule has 0 N–H and O–H groups in total. The average molecular weight is 427 g/mol. The van der Waals surface area contributed by atoms with Gasteiger partial charge >= 0.3 is 0 Å². The van der Waals surface area contributed by atoms with Gasteiger partial charge in [0.15, 0.2) is 5.79 Å². The summed E-state index contributed by atoms with van der Waals surface area (Å²) < 4.78 is 38.4. The highest BCUT2D eigenvalue weighted by atomic mass is 19.1. The minimum Gasteiger partial charge on any atom is -0.353 e. The zero-order valence-electron chi connectivity index (χ0n) is 19.8. The van der Waals surface area contributed by atoms with Crippen LogP contribution >= 0.6 is 0 Å². The molecule has 0 fully saturated rings. The Hall–Kier alpha value is -1.00. The Bertz CT molecular complexity index is 550. The summed E-state index contributed by atoms with van der Waals surface area (Å²) in [5, 5.41) is 0. The highest BCUT2D eigenvalue weighted by Crippen LogP contribution is 2.34.